The minimum atomic E-state index is -0.358. The van der Waals surface area contributed by atoms with Crippen LogP contribution in [0.25, 0.3) is 15.9 Å². The smallest absolute Gasteiger partial charge is 0.348 e. The molecule has 0 fully saturated rings. The summed E-state index contributed by atoms with van der Waals surface area (Å²) in [6, 6.07) is 19.0. The first kappa shape index (κ1) is 19.0. The van der Waals surface area contributed by atoms with Crippen LogP contribution in [0, 0.1) is 6.92 Å². The van der Waals surface area contributed by atoms with E-state index in [0.717, 1.165) is 27.3 Å². The Morgan fingerprint density at radius 3 is 2.48 bits per heavy atom. The van der Waals surface area contributed by atoms with E-state index in [1.54, 1.807) is 7.11 Å². The molecule has 0 radical (unpaired) electrons. The van der Waals surface area contributed by atoms with Gasteiger partial charge in [-0.3, -0.25) is 0 Å². The van der Waals surface area contributed by atoms with Crippen LogP contribution in [0.1, 0.15) is 15.4 Å². The molecule has 6 nitrogen and oxygen atoms in total. The normalized spacial score (nSPS) is 10.8. The zero-order valence-corrected chi connectivity index (χ0v) is 16.9. The van der Waals surface area contributed by atoms with E-state index in [9.17, 15) is 4.79 Å². The van der Waals surface area contributed by atoms with Crippen LogP contribution in [-0.4, -0.2) is 36.1 Å². The SMILES string of the molecule is COc1ccc(OCCOC(=O)c2cc3c(C)nn(-c4ccccc4)c3s2)cc1. The number of methoxy groups -OCH3 is 1. The third-order valence-electron chi connectivity index (χ3n) is 4.39. The number of benzene rings is 2. The van der Waals surface area contributed by atoms with Crippen molar-refractivity contribution >= 4 is 27.5 Å². The van der Waals surface area contributed by atoms with Gasteiger partial charge in [0.15, 0.2) is 0 Å². The molecule has 2 heterocycles. The fourth-order valence-electron chi connectivity index (χ4n) is 2.93. The van der Waals surface area contributed by atoms with Gasteiger partial charge in [0.1, 0.15) is 34.4 Å². The minimum absolute atomic E-state index is 0.170. The third kappa shape index (κ3) is 4.09. The second kappa shape index (κ2) is 8.36. The Labute approximate surface area is 172 Å². The molecule has 7 heteroatoms. The van der Waals surface area contributed by atoms with Gasteiger partial charge in [-0.1, -0.05) is 18.2 Å². The zero-order chi connectivity index (χ0) is 20.2. The van der Waals surface area contributed by atoms with E-state index in [2.05, 4.69) is 5.10 Å². The van der Waals surface area contributed by atoms with Crippen LogP contribution in [0.15, 0.2) is 60.7 Å². The number of carbonyl (C=O) groups excluding carboxylic acids is 1. The Morgan fingerprint density at radius 2 is 1.76 bits per heavy atom. The highest BCUT2D eigenvalue weighted by Crippen LogP contribution is 2.30. The van der Waals surface area contributed by atoms with Gasteiger partial charge in [0.25, 0.3) is 0 Å². The number of nitrogens with zero attached hydrogens (tertiary/aromatic N) is 2. The molecule has 4 aromatic rings. The van der Waals surface area contributed by atoms with Crippen LogP contribution in [0.3, 0.4) is 0 Å². The number of carbonyl (C=O) groups is 1. The molecule has 0 aliphatic rings. The molecular weight excluding hydrogens is 388 g/mol. The van der Waals surface area contributed by atoms with Gasteiger partial charge in [0, 0.05) is 5.39 Å². The quantitative estimate of drug-likeness (QED) is 0.329. The van der Waals surface area contributed by atoms with Gasteiger partial charge < -0.3 is 14.2 Å². The third-order valence-corrected chi connectivity index (χ3v) is 5.48. The Balaban J connectivity index is 1.39. The molecule has 0 aliphatic carbocycles. The highest BCUT2D eigenvalue weighted by molar-refractivity contribution is 7.20. The van der Waals surface area contributed by atoms with Crippen molar-refractivity contribution in [2.45, 2.75) is 6.92 Å². The highest BCUT2D eigenvalue weighted by Gasteiger charge is 2.18. The van der Waals surface area contributed by atoms with Crippen molar-refractivity contribution in [3.8, 4) is 17.2 Å². The van der Waals surface area contributed by atoms with Gasteiger partial charge in [-0.2, -0.15) is 5.10 Å². The fraction of sp³-hybridized carbons (Fsp3) is 0.182. The van der Waals surface area contributed by atoms with E-state index in [4.69, 9.17) is 14.2 Å². The largest absolute Gasteiger partial charge is 0.497 e. The molecule has 0 unspecified atom stereocenters. The lowest BCUT2D eigenvalue weighted by atomic mass is 10.3. The van der Waals surface area contributed by atoms with Crippen LogP contribution >= 0.6 is 11.3 Å². The summed E-state index contributed by atoms with van der Waals surface area (Å²) < 4.78 is 17.9. The molecule has 2 aromatic carbocycles. The summed E-state index contributed by atoms with van der Waals surface area (Å²) in [6.45, 7) is 2.38. The van der Waals surface area contributed by atoms with Gasteiger partial charge in [0.2, 0.25) is 0 Å². The average molecular weight is 408 g/mol. The van der Waals surface area contributed by atoms with Gasteiger partial charge in [-0.05, 0) is 49.4 Å². The molecule has 0 bridgehead atoms. The van der Waals surface area contributed by atoms with Crippen LogP contribution in [0.2, 0.25) is 0 Å². The number of hydrogen-bond donors (Lipinski definition) is 0. The summed E-state index contributed by atoms with van der Waals surface area (Å²) in [5, 5.41) is 5.55. The number of rotatable bonds is 7. The van der Waals surface area contributed by atoms with Crippen molar-refractivity contribution < 1.29 is 19.0 Å². The number of thiophene rings is 1. The highest BCUT2D eigenvalue weighted by atomic mass is 32.1. The van der Waals surface area contributed by atoms with E-state index in [0.29, 0.717) is 10.6 Å². The first-order valence-electron chi connectivity index (χ1n) is 9.14. The van der Waals surface area contributed by atoms with E-state index in [1.807, 2.05) is 72.3 Å². The molecule has 0 amide bonds. The summed E-state index contributed by atoms with van der Waals surface area (Å²) in [6.07, 6.45) is 0. The lowest BCUT2D eigenvalue weighted by molar-refractivity contribution is 0.0456. The first-order chi connectivity index (χ1) is 14.2. The Bertz CT molecular complexity index is 1120. The Morgan fingerprint density at radius 1 is 1.03 bits per heavy atom. The lowest BCUT2D eigenvalue weighted by Crippen LogP contribution is -2.11. The van der Waals surface area contributed by atoms with Gasteiger partial charge in [-0.15, -0.1) is 11.3 Å². The molecule has 29 heavy (non-hydrogen) atoms. The van der Waals surface area contributed by atoms with E-state index in [1.165, 1.54) is 11.3 Å². The number of aromatic nitrogens is 2. The van der Waals surface area contributed by atoms with Crippen LogP contribution in [0.4, 0.5) is 0 Å². The Hall–Kier alpha value is -3.32. The van der Waals surface area contributed by atoms with Crippen LogP contribution in [0.5, 0.6) is 11.5 Å². The molecule has 0 spiro atoms. The molecule has 4 rings (SSSR count). The maximum absolute atomic E-state index is 12.5. The van der Waals surface area contributed by atoms with E-state index >= 15 is 0 Å². The second-order valence-corrected chi connectivity index (χ2v) is 7.35. The van der Waals surface area contributed by atoms with Crippen molar-refractivity contribution in [2.24, 2.45) is 0 Å². The lowest BCUT2D eigenvalue weighted by Gasteiger charge is -2.07. The monoisotopic (exact) mass is 408 g/mol. The summed E-state index contributed by atoms with van der Waals surface area (Å²) >= 11 is 1.38. The Kier molecular flexibility index (Phi) is 5.48. The summed E-state index contributed by atoms with van der Waals surface area (Å²) in [5.74, 6) is 1.10. The predicted molar refractivity (Wildman–Crippen MR) is 112 cm³/mol. The number of aryl methyl sites for hydroxylation is 1. The summed E-state index contributed by atoms with van der Waals surface area (Å²) in [5.41, 5.74) is 1.84. The molecule has 148 valence electrons. The molecule has 0 saturated heterocycles. The molecule has 0 atom stereocenters. The van der Waals surface area contributed by atoms with Crippen molar-refractivity contribution in [1.82, 2.24) is 9.78 Å². The zero-order valence-electron chi connectivity index (χ0n) is 16.1. The van der Waals surface area contributed by atoms with Crippen molar-refractivity contribution in [1.29, 1.82) is 0 Å². The average Bonchev–Trinajstić information content (AvgIpc) is 3.33. The number of hydrogen-bond acceptors (Lipinski definition) is 6. The maximum atomic E-state index is 12.5. The summed E-state index contributed by atoms with van der Waals surface area (Å²) in [7, 11) is 1.61. The summed E-state index contributed by atoms with van der Waals surface area (Å²) in [4.78, 5) is 13.9. The number of fused-ring (bicyclic) bond motifs is 1. The number of para-hydroxylation sites is 1. The molecule has 0 aliphatic heterocycles. The molecular formula is C22H20N2O4S. The standard InChI is InChI=1S/C22H20N2O4S/c1-15-19-14-20(29-21(19)24(23-15)16-6-4-3-5-7-16)22(25)28-13-12-27-18-10-8-17(26-2)9-11-18/h3-11,14H,12-13H2,1-2H3. The molecule has 2 aromatic heterocycles. The van der Waals surface area contributed by atoms with E-state index < -0.39 is 0 Å². The van der Waals surface area contributed by atoms with Crippen molar-refractivity contribution in [3.63, 3.8) is 0 Å². The minimum Gasteiger partial charge on any atom is -0.497 e. The molecule has 0 saturated carbocycles. The van der Waals surface area contributed by atoms with Gasteiger partial charge in [-0.25, -0.2) is 9.48 Å². The van der Waals surface area contributed by atoms with Gasteiger partial charge in [0.05, 0.1) is 18.5 Å². The predicted octanol–water partition coefficient (Wildman–Crippen LogP) is 4.64. The van der Waals surface area contributed by atoms with Gasteiger partial charge >= 0.3 is 5.97 Å². The maximum Gasteiger partial charge on any atom is 0.348 e. The second-order valence-electron chi connectivity index (χ2n) is 6.32. The van der Waals surface area contributed by atoms with Crippen molar-refractivity contribution in [3.05, 3.63) is 71.2 Å². The topological polar surface area (TPSA) is 62.6 Å². The van der Waals surface area contributed by atoms with E-state index in [-0.39, 0.29) is 19.2 Å². The number of ether oxygens (including phenoxy) is 3. The first-order valence-corrected chi connectivity index (χ1v) is 9.96. The number of esters is 1. The fourth-order valence-corrected chi connectivity index (χ4v) is 4.01. The van der Waals surface area contributed by atoms with Crippen LogP contribution in [-0.2, 0) is 4.74 Å². The van der Waals surface area contributed by atoms with Crippen LogP contribution < -0.4 is 9.47 Å². The molecule has 0 N–H and O–H groups in total. The van der Waals surface area contributed by atoms with Crippen molar-refractivity contribution in [2.75, 3.05) is 20.3 Å².